The van der Waals surface area contributed by atoms with Crippen molar-refractivity contribution in [3.63, 3.8) is 0 Å². The zero-order valence-electron chi connectivity index (χ0n) is 20.1. The van der Waals surface area contributed by atoms with Gasteiger partial charge in [-0.1, -0.05) is 0 Å². The molecule has 2 heterocycles. The maximum Gasteiger partial charge on any atom is 0.422 e. The van der Waals surface area contributed by atoms with Gasteiger partial charge >= 0.3 is 12.4 Å². The van der Waals surface area contributed by atoms with Gasteiger partial charge in [0.1, 0.15) is 5.69 Å². The number of alkyl halides is 6. The van der Waals surface area contributed by atoms with Crippen molar-refractivity contribution in [2.75, 3.05) is 6.61 Å². The number of nitriles is 1. The fraction of sp³-hybridized carbons (Fsp3) is 0.333. The summed E-state index contributed by atoms with van der Waals surface area (Å²) < 4.78 is 82.1. The highest BCUT2D eigenvalue weighted by Gasteiger charge is 2.34. The smallest absolute Gasteiger partial charge is 0.422 e. The maximum absolute atomic E-state index is 13.5. The van der Waals surface area contributed by atoms with E-state index >= 15 is 0 Å². The molecule has 0 spiro atoms. The lowest BCUT2D eigenvalue weighted by Crippen LogP contribution is -2.29. The van der Waals surface area contributed by atoms with Crippen LogP contribution in [0.4, 0.5) is 26.3 Å². The number of halogens is 6. The van der Waals surface area contributed by atoms with E-state index < -0.39 is 41.9 Å². The van der Waals surface area contributed by atoms with Gasteiger partial charge in [0.05, 0.1) is 41.2 Å². The summed E-state index contributed by atoms with van der Waals surface area (Å²) >= 11 is 0. The molecule has 0 fully saturated rings. The van der Waals surface area contributed by atoms with E-state index in [0.29, 0.717) is 6.07 Å². The minimum Gasteiger partial charge on any atom is -0.481 e. The molecule has 0 saturated carbocycles. The molecule has 3 aromatic rings. The first-order valence-electron chi connectivity index (χ1n) is 10.9. The summed E-state index contributed by atoms with van der Waals surface area (Å²) in [6.45, 7) is 2.83. The van der Waals surface area contributed by atoms with Gasteiger partial charge in [0.25, 0.3) is 5.91 Å². The van der Waals surface area contributed by atoms with Gasteiger partial charge in [-0.25, -0.2) is 15.0 Å². The van der Waals surface area contributed by atoms with Crippen LogP contribution in [0.2, 0.25) is 0 Å². The fourth-order valence-corrected chi connectivity index (χ4v) is 3.21. The number of ether oxygens (including phenoxy) is 1. The largest absolute Gasteiger partial charge is 0.481 e. The van der Waals surface area contributed by atoms with Gasteiger partial charge in [-0.15, -0.1) is 0 Å². The highest BCUT2D eigenvalue weighted by Crippen LogP contribution is 2.34. The Balaban J connectivity index is 1.88. The summed E-state index contributed by atoms with van der Waals surface area (Å²) in [4.78, 5) is 29.1. The Hall–Kier alpha value is -4.28. The highest BCUT2D eigenvalue weighted by atomic mass is 19.4. The monoisotopic (exact) mass is 538 g/mol. The quantitative estimate of drug-likeness (QED) is 0.412. The Bertz CT molecular complexity index is 1350. The lowest BCUT2D eigenvalue weighted by Gasteiger charge is -2.20. The molecule has 0 radical (unpaired) electrons. The molecular weight excluding hydrogens is 518 g/mol. The van der Waals surface area contributed by atoms with Crippen LogP contribution in [0.1, 0.15) is 54.0 Å². The van der Waals surface area contributed by atoms with E-state index in [0.717, 1.165) is 18.5 Å². The second-order valence-electron chi connectivity index (χ2n) is 8.67. The number of hydrogen-bond acceptors (Lipinski definition) is 7. The van der Waals surface area contributed by atoms with Gasteiger partial charge in [-0.3, -0.25) is 9.78 Å². The average molecular weight is 538 g/mol. The Labute approximate surface area is 212 Å². The van der Waals surface area contributed by atoms with Crippen LogP contribution in [0.3, 0.4) is 0 Å². The van der Waals surface area contributed by atoms with Gasteiger partial charge in [0.2, 0.25) is 0 Å². The molecule has 1 N–H and O–H groups in total. The predicted octanol–water partition coefficient (Wildman–Crippen LogP) is 5.19. The maximum atomic E-state index is 13.5. The van der Waals surface area contributed by atoms with Crippen molar-refractivity contribution >= 4 is 5.91 Å². The summed E-state index contributed by atoms with van der Waals surface area (Å²) in [5.41, 5.74) is -2.47. The molecule has 0 saturated heterocycles. The van der Waals surface area contributed by atoms with E-state index in [-0.39, 0.29) is 34.1 Å². The first-order valence-corrected chi connectivity index (χ1v) is 10.9. The molecule has 38 heavy (non-hydrogen) atoms. The molecule has 0 aliphatic carbocycles. The highest BCUT2D eigenvalue weighted by molar-refractivity contribution is 5.95. The predicted molar refractivity (Wildman–Crippen MR) is 121 cm³/mol. The van der Waals surface area contributed by atoms with E-state index in [1.807, 2.05) is 6.07 Å². The molecular formula is C24H20F6N6O2. The number of nitrogens with one attached hydrogen (secondary N) is 1. The van der Waals surface area contributed by atoms with Crippen molar-refractivity contribution in [3.8, 4) is 23.3 Å². The van der Waals surface area contributed by atoms with Crippen LogP contribution in [0.15, 0.2) is 43.0 Å². The van der Waals surface area contributed by atoms with Crippen LogP contribution in [0.5, 0.6) is 5.75 Å². The summed E-state index contributed by atoms with van der Waals surface area (Å²) in [6, 6.07) is 3.73. The fourth-order valence-electron chi connectivity index (χ4n) is 3.21. The zero-order chi connectivity index (χ0) is 28.3. The third kappa shape index (κ3) is 6.93. The number of rotatable bonds is 7. The molecule has 1 atom stereocenters. The molecule has 0 aliphatic heterocycles. The second kappa shape index (κ2) is 10.6. The van der Waals surface area contributed by atoms with Gasteiger partial charge in [-0.05, 0) is 44.5 Å². The standard InChI is InChI=1S/C24H20F6N6O2/c1-13(36-21(37)14-6-15(22(2,3)11-31)8-16(7-14)24(28,29)30)18-19(33-5-4-32-18)20-34-9-17(10-35-20)38-12-23(25,26)27/h4-10,13H,12H2,1-3H3,(H,36,37). The van der Waals surface area contributed by atoms with Crippen molar-refractivity contribution < 1.29 is 35.9 Å². The van der Waals surface area contributed by atoms with Crippen LogP contribution < -0.4 is 10.1 Å². The van der Waals surface area contributed by atoms with Crippen LogP contribution in [0.25, 0.3) is 11.5 Å². The van der Waals surface area contributed by atoms with E-state index in [9.17, 15) is 36.4 Å². The molecule has 0 aliphatic rings. The Morgan fingerprint density at radius 2 is 1.61 bits per heavy atom. The summed E-state index contributed by atoms with van der Waals surface area (Å²) in [5, 5.41) is 11.9. The van der Waals surface area contributed by atoms with E-state index in [1.165, 1.54) is 39.2 Å². The average Bonchev–Trinajstić information content (AvgIpc) is 2.86. The summed E-state index contributed by atoms with van der Waals surface area (Å²) in [7, 11) is 0. The number of amides is 1. The number of hydrogen-bond donors (Lipinski definition) is 1. The second-order valence-corrected chi connectivity index (χ2v) is 8.67. The van der Waals surface area contributed by atoms with E-state index in [2.05, 4.69) is 30.0 Å². The molecule has 3 rings (SSSR count). The molecule has 200 valence electrons. The third-order valence-electron chi connectivity index (χ3n) is 5.25. The summed E-state index contributed by atoms with van der Waals surface area (Å²) in [6.07, 6.45) is -4.68. The lowest BCUT2D eigenvalue weighted by atomic mass is 9.84. The molecule has 1 unspecified atom stereocenters. The Kier molecular flexibility index (Phi) is 7.90. The topological polar surface area (TPSA) is 114 Å². The first kappa shape index (κ1) is 28.3. The van der Waals surface area contributed by atoms with E-state index in [4.69, 9.17) is 0 Å². The first-order chi connectivity index (χ1) is 17.6. The van der Waals surface area contributed by atoms with Crippen LogP contribution in [-0.2, 0) is 11.6 Å². The summed E-state index contributed by atoms with van der Waals surface area (Å²) in [5.74, 6) is -1.14. The molecule has 2 aromatic heterocycles. The SMILES string of the molecule is CC(NC(=O)c1cc(C(F)(F)F)cc(C(C)(C)C#N)c1)c1nccnc1-c1ncc(OCC(F)(F)F)cn1. The van der Waals surface area contributed by atoms with Crippen molar-refractivity contribution in [1.82, 2.24) is 25.3 Å². The van der Waals surface area contributed by atoms with Gasteiger partial charge in [0.15, 0.2) is 18.2 Å². The normalized spacial score (nSPS) is 12.9. The zero-order valence-corrected chi connectivity index (χ0v) is 20.1. The number of carbonyl (C=O) groups excluding carboxylic acids is 1. The Morgan fingerprint density at radius 1 is 1.00 bits per heavy atom. The number of aromatic nitrogens is 4. The number of carbonyl (C=O) groups is 1. The van der Waals surface area contributed by atoms with Crippen molar-refractivity contribution in [3.05, 3.63) is 65.4 Å². The van der Waals surface area contributed by atoms with Crippen molar-refractivity contribution in [1.29, 1.82) is 5.26 Å². The molecule has 1 amide bonds. The van der Waals surface area contributed by atoms with Crippen molar-refractivity contribution in [2.45, 2.75) is 44.6 Å². The molecule has 1 aromatic carbocycles. The van der Waals surface area contributed by atoms with Gasteiger partial charge in [-0.2, -0.15) is 31.6 Å². The van der Waals surface area contributed by atoms with Gasteiger partial charge < -0.3 is 10.1 Å². The molecule has 14 heteroatoms. The molecule has 0 bridgehead atoms. The minimum atomic E-state index is -4.76. The Morgan fingerprint density at radius 3 is 2.18 bits per heavy atom. The van der Waals surface area contributed by atoms with Gasteiger partial charge in [0, 0.05) is 18.0 Å². The number of nitrogens with zero attached hydrogens (tertiary/aromatic N) is 5. The third-order valence-corrected chi connectivity index (χ3v) is 5.25. The minimum absolute atomic E-state index is 0.00838. The molecule has 8 nitrogen and oxygen atoms in total. The van der Waals surface area contributed by atoms with E-state index in [1.54, 1.807) is 0 Å². The number of benzene rings is 1. The van der Waals surface area contributed by atoms with Crippen LogP contribution in [0, 0.1) is 11.3 Å². The van der Waals surface area contributed by atoms with Crippen LogP contribution >= 0.6 is 0 Å². The van der Waals surface area contributed by atoms with Crippen molar-refractivity contribution in [2.24, 2.45) is 0 Å². The lowest BCUT2D eigenvalue weighted by molar-refractivity contribution is -0.153. The van der Waals surface area contributed by atoms with Crippen LogP contribution in [-0.4, -0.2) is 38.6 Å².